The standard InChI is InChI=1S/C8H13N3O3S2/c1-5-7(15-8(12)10-5)16(13,14)11-3-2-6(9)4-11/h6H,2-4,9H2,1H3,(H,10,12)/t6-/m0/s1. The monoisotopic (exact) mass is 263 g/mol. The zero-order valence-electron chi connectivity index (χ0n) is 8.76. The van der Waals surface area contributed by atoms with Crippen LogP contribution in [-0.2, 0) is 10.0 Å². The van der Waals surface area contributed by atoms with Crippen molar-refractivity contribution in [1.29, 1.82) is 0 Å². The number of nitrogens with one attached hydrogen (secondary N) is 1. The molecular weight excluding hydrogens is 250 g/mol. The van der Waals surface area contributed by atoms with Gasteiger partial charge in [-0.05, 0) is 13.3 Å². The van der Waals surface area contributed by atoms with Crippen LogP contribution in [0.15, 0.2) is 9.00 Å². The molecule has 1 aliphatic heterocycles. The Balaban J connectivity index is 2.39. The molecule has 1 fully saturated rings. The Kier molecular flexibility index (Phi) is 2.91. The second kappa shape index (κ2) is 3.95. The fourth-order valence-corrected chi connectivity index (χ4v) is 4.67. The summed E-state index contributed by atoms with van der Waals surface area (Å²) in [4.78, 5) is 13.2. The van der Waals surface area contributed by atoms with E-state index in [9.17, 15) is 13.2 Å². The molecule has 0 unspecified atom stereocenters. The molecule has 90 valence electrons. The lowest BCUT2D eigenvalue weighted by Gasteiger charge is -2.14. The first-order valence-corrected chi connectivity index (χ1v) is 7.12. The van der Waals surface area contributed by atoms with Gasteiger partial charge in [-0.2, -0.15) is 4.31 Å². The molecule has 0 amide bonds. The normalized spacial score (nSPS) is 22.8. The van der Waals surface area contributed by atoms with Crippen LogP contribution in [0.5, 0.6) is 0 Å². The molecule has 1 aromatic rings. The minimum atomic E-state index is -3.54. The Morgan fingerprint density at radius 2 is 2.25 bits per heavy atom. The zero-order chi connectivity index (χ0) is 11.9. The third kappa shape index (κ3) is 1.93. The highest BCUT2D eigenvalue weighted by Gasteiger charge is 2.33. The maximum absolute atomic E-state index is 12.1. The molecule has 2 rings (SSSR count). The van der Waals surface area contributed by atoms with Gasteiger partial charge in [0.05, 0.1) is 0 Å². The van der Waals surface area contributed by atoms with E-state index in [0.29, 0.717) is 25.2 Å². The molecule has 0 spiro atoms. The molecule has 1 aliphatic rings. The molecular formula is C8H13N3O3S2. The van der Waals surface area contributed by atoms with Crippen molar-refractivity contribution in [3.8, 4) is 0 Å². The average Bonchev–Trinajstić information content (AvgIpc) is 2.73. The number of nitrogens with two attached hydrogens (primary N) is 1. The number of sulfonamides is 1. The summed E-state index contributed by atoms with van der Waals surface area (Å²) in [6.07, 6.45) is 0.664. The SMILES string of the molecule is Cc1[nH]c(=O)sc1S(=O)(=O)N1CC[C@H](N)C1. The summed E-state index contributed by atoms with van der Waals surface area (Å²) in [6.45, 7) is 2.34. The van der Waals surface area contributed by atoms with Crippen LogP contribution in [0.25, 0.3) is 0 Å². The molecule has 0 saturated carbocycles. The van der Waals surface area contributed by atoms with Gasteiger partial charge < -0.3 is 10.7 Å². The van der Waals surface area contributed by atoms with Gasteiger partial charge in [0.1, 0.15) is 0 Å². The van der Waals surface area contributed by atoms with Crippen molar-refractivity contribution in [2.75, 3.05) is 13.1 Å². The highest BCUT2D eigenvalue weighted by atomic mass is 32.2. The minimum Gasteiger partial charge on any atom is -0.326 e. The first-order valence-electron chi connectivity index (χ1n) is 4.86. The van der Waals surface area contributed by atoms with Crippen LogP contribution in [0.1, 0.15) is 12.1 Å². The van der Waals surface area contributed by atoms with Gasteiger partial charge in [0, 0.05) is 24.8 Å². The van der Waals surface area contributed by atoms with Gasteiger partial charge in [-0.15, -0.1) is 0 Å². The lowest BCUT2D eigenvalue weighted by Crippen LogP contribution is -2.31. The smallest absolute Gasteiger partial charge is 0.305 e. The van der Waals surface area contributed by atoms with Crippen molar-refractivity contribution >= 4 is 21.4 Å². The number of aromatic nitrogens is 1. The molecule has 1 atom stereocenters. The maximum Gasteiger partial charge on any atom is 0.305 e. The van der Waals surface area contributed by atoms with Crippen LogP contribution in [0.3, 0.4) is 0 Å². The predicted octanol–water partition coefficient (Wildman–Crippen LogP) is -0.533. The van der Waals surface area contributed by atoms with Gasteiger partial charge in [-0.3, -0.25) is 4.79 Å². The van der Waals surface area contributed by atoms with Crippen LogP contribution in [0, 0.1) is 6.92 Å². The predicted molar refractivity (Wildman–Crippen MR) is 61.0 cm³/mol. The topological polar surface area (TPSA) is 96.3 Å². The van der Waals surface area contributed by atoms with E-state index in [4.69, 9.17) is 5.73 Å². The average molecular weight is 263 g/mol. The first kappa shape index (κ1) is 11.8. The number of rotatable bonds is 2. The van der Waals surface area contributed by atoms with E-state index in [1.165, 1.54) is 4.31 Å². The number of hydrogen-bond acceptors (Lipinski definition) is 5. The molecule has 8 heteroatoms. The summed E-state index contributed by atoms with van der Waals surface area (Å²) in [7, 11) is -3.54. The van der Waals surface area contributed by atoms with E-state index in [-0.39, 0.29) is 15.1 Å². The quantitative estimate of drug-likeness (QED) is 0.749. The number of thiazole rings is 1. The third-order valence-corrected chi connectivity index (χ3v) is 5.99. The van der Waals surface area contributed by atoms with E-state index >= 15 is 0 Å². The van der Waals surface area contributed by atoms with Gasteiger partial charge in [0.25, 0.3) is 10.0 Å². The van der Waals surface area contributed by atoms with Gasteiger partial charge in [0.2, 0.25) is 0 Å². The molecule has 6 nitrogen and oxygen atoms in total. The van der Waals surface area contributed by atoms with Gasteiger partial charge >= 0.3 is 4.87 Å². The number of aryl methyl sites for hydroxylation is 1. The Morgan fingerprint density at radius 3 is 2.69 bits per heavy atom. The Morgan fingerprint density at radius 1 is 1.56 bits per heavy atom. The molecule has 0 aromatic carbocycles. The largest absolute Gasteiger partial charge is 0.326 e. The summed E-state index contributed by atoms with van der Waals surface area (Å²) in [5.41, 5.74) is 6.07. The third-order valence-electron chi connectivity index (χ3n) is 2.54. The zero-order valence-corrected chi connectivity index (χ0v) is 10.4. The van der Waals surface area contributed by atoms with Crippen molar-refractivity contribution in [2.45, 2.75) is 23.6 Å². The van der Waals surface area contributed by atoms with E-state index < -0.39 is 10.0 Å². The Labute approximate surface area is 97.1 Å². The van der Waals surface area contributed by atoms with Crippen molar-refractivity contribution in [3.63, 3.8) is 0 Å². The number of nitrogens with zero attached hydrogens (tertiary/aromatic N) is 1. The van der Waals surface area contributed by atoms with E-state index in [1.54, 1.807) is 6.92 Å². The Bertz CT molecular complexity index is 545. The summed E-state index contributed by atoms with van der Waals surface area (Å²) in [5.74, 6) is 0. The van der Waals surface area contributed by atoms with E-state index in [1.807, 2.05) is 0 Å². The van der Waals surface area contributed by atoms with Crippen LogP contribution in [-0.4, -0.2) is 36.8 Å². The van der Waals surface area contributed by atoms with Gasteiger partial charge in [-0.25, -0.2) is 8.42 Å². The van der Waals surface area contributed by atoms with Crippen LogP contribution < -0.4 is 10.6 Å². The van der Waals surface area contributed by atoms with E-state index in [0.717, 1.165) is 11.3 Å². The summed E-state index contributed by atoms with van der Waals surface area (Å²) in [6, 6.07) is -0.106. The minimum absolute atomic E-state index is 0.103. The van der Waals surface area contributed by atoms with Gasteiger partial charge in [0.15, 0.2) is 4.21 Å². The van der Waals surface area contributed by atoms with Crippen molar-refractivity contribution in [1.82, 2.24) is 9.29 Å². The molecule has 3 N–H and O–H groups in total. The second-order valence-electron chi connectivity index (χ2n) is 3.84. The number of hydrogen-bond donors (Lipinski definition) is 2. The van der Waals surface area contributed by atoms with Crippen LogP contribution in [0.2, 0.25) is 0 Å². The van der Waals surface area contributed by atoms with Gasteiger partial charge in [-0.1, -0.05) is 11.3 Å². The molecule has 0 radical (unpaired) electrons. The van der Waals surface area contributed by atoms with E-state index in [2.05, 4.69) is 4.98 Å². The van der Waals surface area contributed by atoms with Crippen molar-refractivity contribution < 1.29 is 8.42 Å². The number of aromatic amines is 1. The van der Waals surface area contributed by atoms with Crippen LogP contribution in [0.4, 0.5) is 0 Å². The number of H-pyrrole nitrogens is 1. The Hall–Kier alpha value is -0.700. The first-order chi connectivity index (χ1) is 7.41. The van der Waals surface area contributed by atoms with Crippen molar-refractivity contribution in [2.24, 2.45) is 5.73 Å². The molecule has 1 saturated heterocycles. The fourth-order valence-electron chi connectivity index (χ4n) is 1.73. The summed E-state index contributed by atoms with van der Waals surface area (Å²) in [5, 5.41) is 0. The van der Waals surface area contributed by atoms with Crippen LogP contribution >= 0.6 is 11.3 Å². The highest BCUT2D eigenvalue weighted by molar-refractivity contribution is 7.91. The lowest BCUT2D eigenvalue weighted by atomic mass is 10.3. The summed E-state index contributed by atoms with van der Waals surface area (Å²) >= 11 is 0.728. The molecule has 1 aromatic heterocycles. The summed E-state index contributed by atoms with van der Waals surface area (Å²) < 4.78 is 25.7. The lowest BCUT2D eigenvalue weighted by molar-refractivity contribution is 0.473. The fraction of sp³-hybridized carbons (Fsp3) is 0.625. The highest BCUT2D eigenvalue weighted by Crippen LogP contribution is 2.24. The maximum atomic E-state index is 12.1. The van der Waals surface area contributed by atoms with Crippen molar-refractivity contribution in [3.05, 3.63) is 15.4 Å². The molecule has 0 aliphatic carbocycles. The molecule has 16 heavy (non-hydrogen) atoms. The molecule has 2 heterocycles. The second-order valence-corrected chi connectivity index (χ2v) is 6.96. The molecule has 0 bridgehead atoms.